The minimum Gasteiger partial charge on any atom is -0.336 e. The zero-order chi connectivity index (χ0) is 22.9. The number of rotatable bonds is 6. The van der Waals surface area contributed by atoms with E-state index in [1.54, 1.807) is 7.05 Å². The first-order chi connectivity index (χ1) is 16.0. The fourth-order valence-electron chi connectivity index (χ4n) is 4.37. The van der Waals surface area contributed by atoms with Gasteiger partial charge >= 0.3 is 0 Å². The normalized spacial score (nSPS) is 17.6. The van der Waals surface area contributed by atoms with Crippen molar-refractivity contribution in [1.82, 2.24) is 14.5 Å². The zero-order valence-electron chi connectivity index (χ0n) is 18.8. The molecule has 34 heavy (non-hydrogen) atoms. The van der Waals surface area contributed by atoms with Crippen LogP contribution in [0.5, 0.6) is 0 Å². The van der Waals surface area contributed by atoms with E-state index >= 15 is 0 Å². The molecular formula is C25H26ClN5O2S. The SMILES string of the molecule is Cl.Cn1c(-c2ccccc2)nc2sc(N3C[C@@H](N)C[C@@H]3C(=O)CCc3ccccc3)nc2c1=O. The highest BCUT2D eigenvalue weighted by Crippen LogP contribution is 2.33. The smallest absolute Gasteiger partial charge is 0.281 e. The molecule has 0 amide bonds. The molecule has 1 saturated heterocycles. The molecule has 0 radical (unpaired) electrons. The molecule has 2 atom stereocenters. The van der Waals surface area contributed by atoms with Gasteiger partial charge in [0.25, 0.3) is 5.56 Å². The molecule has 5 rings (SSSR count). The number of carbonyl (C=O) groups excluding carboxylic acids is 1. The van der Waals surface area contributed by atoms with E-state index in [9.17, 15) is 9.59 Å². The van der Waals surface area contributed by atoms with Crippen molar-refractivity contribution in [2.75, 3.05) is 11.4 Å². The predicted octanol–water partition coefficient (Wildman–Crippen LogP) is 3.59. The van der Waals surface area contributed by atoms with Crippen LogP contribution in [0.1, 0.15) is 18.4 Å². The number of nitrogens with two attached hydrogens (primary N) is 1. The average Bonchev–Trinajstić information content (AvgIpc) is 3.44. The third kappa shape index (κ3) is 4.61. The van der Waals surface area contributed by atoms with Gasteiger partial charge in [-0.15, -0.1) is 12.4 Å². The molecule has 7 nitrogen and oxygen atoms in total. The van der Waals surface area contributed by atoms with Crippen LogP contribution in [0.15, 0.2) is 65.5 Å². The van der Waals surface area contributed by atoms with Crippen molar-refractivity contribution in [3.05, 3.63) is 76.6 Å². The average molecular weight is 496 g/mol. The van der Waals surface area contributed by atoms with Crippen LogP contribution in [-0.4, -0.2) is 38.9 Å². The van der Waals surface area contributed by atoms with Crippen LogP contribution in [0, 0.1) is 0 Å². The molecule has 4 aromatic rings. The standard InChI is InChI=1S/C25H25N5O2S.ClH/c1-29-22(17-10-6-3-7-11-17)28-23-21(24(29)32)27-25(33-23)30-15-18(26)14-19(30)20(31)13-12-16-8-4-2-5-9-16;/h2-11,18-19H,12-15,26H2,1H3;1H/t18-,19+;/m0./s1. The number of Topliss-reactive ketones (excluding diaryl/α,β-unsaturated/α-hetero) is 1. The Morgan fingerprint density at radius 1 is 1.09 bits per heavy atom. The van der Waals surface area contributed by atoms with Crippen LogP contribution in [0.2, 0.25) is 0 Å². The van der Waals surface area contributed by atoms with Gasteiger partial charge in [-0.05, 0) is 18.4 Å². The summed E-state index contributed by atoms with van der Waals surface area (Å²) in [7, 11) is 1.71. The largest absolute Gasteiger partial charge is 0.336 e. The second kappa shape index (κ2) is 10.0. The van der Waals surface area contributed by atoms with Crippen molar-refractivity contribution in [3.8, 4) is 11.4 Å². The molecule has 0 spiro atoms. The molecule has 9 heteroatoms. The number of hydrogen-bond acceptors (Lipinski definition) is 7. The minimum absolute atomic E-state index is 0. The lowest BCUT2D eigenvalue weighted by Gasteiger charge is -2.22. The Balaban J connectivity index is 0.00000274. The van der Waals surface area contributed by atoms with E-state index in [0.717, 1.165) is 11.1 Å². The Morgan fingerprint density at radius 2 is 1.76 bits per heavy atom. The van der Waals surface area contributed by atoms with Crippen molar-refractivity contribution in [3.63, 3.8) is 0 Å². The summed E-state index contributed by atoms with van der Waals surface area (Å²) in [4.78, 5) is 38.1. The summed E-state index contributed by atoms with van der Waals surface area (Å²) >= 11 is 1.35. The van der Waals surface area contributed by atoms with Crippen LogP contribution in [0.3, 0.4) is 0 Å². The van der Waals surface area contributed by atoms with E-state index in [4.69, 9.17) is 10.7 Å². The molecule has 1 fully saturated rings. The number of fused-ring (bicyclic) bond motifs is 1. The van der Waals surface area contributed by atoms with Gasteiger partial charge in [-0.3, -0.25) is 14.2 Å². The fourth-order valence-corrected chi connectivity index (χ4v) is 5.37. The van der Waals surface area contributed by atoms with Gasteiger partial charge < -0.3 is 10.6 Å². The van der Waals surface area contributed by atoms with E-state index in [2.05, 4.69) is 4.98 Å². The summed E-state index contributed by atoms with van der Waals surface area (Å²) < 4.78 is 1.53. The maximum absolute atomic E-state index is 13.1. The lowest BCUT2D eigenvalue weighted by atomic mass is 10.0. The molecule has 176 valence electrons. The van der Waals surface area contributed by atoms with Crippen molar-refractivity contribution in [1.29, 1.82) is 0 Å². The number of carbonyl (C=O) groups is 1. The number of halogens is 1. The van der Waals surface area contributed by atoms with Gasteiger partial charge in [0, 0.05) is 31.6 Å². The number of thiazole rings is 1. The molecule has 2 aromatic heterocycles. The highest BCUT2D eigenvalue weighted by atomic mass is 35.5. The van der Waals surface area contributed by atoms with Crippen molar-refractivity contribution < 1.29 is 4.79 Å². The highest BCUT2D eigenvalue weighted by Gasteiger charge is 2.36. The third-order valence-electron chi connectivity index (χ3n) is 6.12. The topological polar surface area (TPSA) is 94.1 Å². The molecule has 0 bridgehead atoms. The number of aromatic nitrogens is 3. The van der Waals surface area contributed by atoms with E-state index in [1.807, 2.05) is 65.6 Å². The molecule has 0 saturated carbocycles. The molecular weight excluding hydrogens is 470 g/mol. The van der Waals surface area contributed by atoms with E-state index in [-0.39, 0.29) is 35.8 Å². The number of benzene rings is 2. The van der Waals surface area contributed by atoms with Crippen molar-refractivity contribution in [2.45, 2.75) is 31.3 Å². The Labute approximate surface area is 207 Å². The number of ketones is 1. The van der Waals surface area contributed by atoms with Gasteiger partial charge in [0.1, 0.15) is 5.82 Å². The fraction of sp³-hybridized carbons (Fsp3) is 0.280. The summed E-state index contributed by atoms with van der Waals surface area (Å²) in [5, 5.41) is 0.630. The highest BCUT2D eigenvalue weighted by molar-refractivity contribution is 7.21. The van der Waals surface area contributed by atoms with Gasteiger partial charge in [0.2, 0.25) is 0 Å². The zero-order valence-corrected chi connectivity index (χ0v) is 20.4. The van der Waals surface area contributed by atoms with Gasteiger partial charge in [-0.25, -0.2) is 9.97 Å². The van der Waals surface area contributed by atoms with E-state index in [1.165, 1.54) is 15.9 Å². The number of aryl methyl sites for hydroxylation is 1. The van der Waals surface area contributed by atoms with Crippen LogP contribution in [0.25, 0.3) is 21.7 Å². The molecule has 2 N–H and O–H groups in total. The van der Waals surface area contributed by atoms with Gasteiger partial charge in [0.05, 0.1) is 6.04 Å². The first kappa shape index (κ1) is 24.1. The lowest BCUT2D eigenvalue weighted by Crippen LogP contribution is -2.36. The second-order valence-corrected chi connectivity index (χ2v) is 9.39. The number of nitrogens with zero attached hydrogens (tertiary/aromatic N) is 4. The quantitative estimate of drug-likeness (QED) is 0.439. The van der Waals surface area contributed by atoms with Gasteiger partial charge in [0.15, 0.2) is 21.3 Å². The Kier molecular flexibility index (Phi) is 7.11. The Hall–Kier alpha value is -3.07. The Morgan fingerprint density at radius 3 is 2.47 bits per heavy atom. The van der Waals surface area contributed by atoms with Crippen LogP contribution >= 0.6 is 23.7 Å². The summed E-state index contributed by atoms with van der Waals surface area (Å²) in [5.74, 6) is 0.744. The molecule has 0 unspecified atom stereocenters. The van der Waals surface area contributed by atoms with Crippen LogP contribution in [0.4, 0.5) is 5.13 Å². The van der Waals surface area contributed by atoms with Gasteiger partial charge in [-0.2, -0.15) is 0 Å². The first-order valence-corrected chi connectivity index (χ1v) is 11.8. The van der Waals surface area contributed by atoms with Crippen molar-refractivity contribution in [2.24, 2.45) is 12.8 Å². The molecule has 3 heterocycles. The van der Waals surface area contributed by atoms with Gasteiger partial charge in [-0.1, -0.05) is 72.0 Å². The maximum Gasteiger partial charge on any atom is 0.281 e. The first-order valence-electron chi connectivity index (χ1n) is 11.0. The number of anilines is 1. The third-order valence-corrected chi connectivity index (χ3v) is 7.10. The Bertz CT molecular complexity index is 1360. The minimum atomic E-state index is -0.332. The summed E-state index contributed by atoms with van der Waals surface area (Å²) in [6, 6.07) is 19.2. The molecule has 0 aliphatic carbocycles. The summed E-state index contributed by atoms with van der Waals surface area (Å²) in [6.45, 7) is 0.535. The monoisotopic (exact) mass is 495 g/mol. The van der Waals surface area contributed by atoms with E-state index in [0.29, 0.717) is 47.1 Å². The second-order valence-electron chi connectivity index (χ2n) is 8.43. The summed E-state index contributed by atoms with van der Waals surface area (Å²) in [5.41, 5.74) is 8.38. The van der Waals surface area contributed by atoms with Crippen LogP contribution in [-0.2, 0) is 18.3 Å². The van der Waals surface area contributed by atoms with E-state index < -0.39 is 0 Å². The predicted molar refractivity (Wildman–Crippen MR) is 139 cm³/mol. The van der Waals surface area contributed by atoms with Crippen molar-refractivity contribution >= 4 is 45.0 Å². The summed E-state index contributed by atoms with van der Waals surface area (Å²) in [6.07, 6.45) is 1.73. The lowest BCUT2D eigenvalue weighted by molar-refractivity contribution is -0.120. The molecule has 1 aliphatic rings. The molecule has 2 aromatic carbocycles. The number of hydrogen-bond donors (Lipinski definition) is 1. The molecule has 1 aliphatic heterocycles. The maximum atomic E-state index is 13.1. The van der Waals surface area contributed by atoms with Crippen LogP contribution < -0.4 is 16.2 Å².